The van der Waals surface area contributed by atoms with Crippen LogP contribution in [0.3, 0.4) is 0 Å². The number of hydrogen-bond donors (Lipinski definition) is 1. The maximum atomic E-state index is 13.1. The Morgan fingerprint density at radius 2 is 1.96 bits per heavy atom. The number of anilines is 3. The van der Waals surface area contributed by atoms with Crippen molar-refractivity contribution in [1.82, 2.24) is 9.97 Å². The Balaban J connectivity index is 1.62. The van der Waals surface area contributed by atoms with Crippen molar-refractivity contribution in [2.45, 2.75) is 37.9 Å². The van der Waals surface area contributed by atoms with Gasteiger partial charge in [0.2, 0.25) is 5.95 Å². The predicted molar refractivity (Wildman–Crippen MR) is 103 cm³/mol. The van der Waals surface area contributed by atoms with Gasteiger partial charge >= 0.3 is 6.18 Å². The van der Waals surface area contributed by atoms with Gasteiger partial charge in [-0.1, -0.05) is 40.9 Å². The molecule has 0 amide bonds. The van der Waals surface area contributed by atoms with Gasteiger partial charge in [0.1, 0.15) is 5.82 Å². The Bertz CT molecular complexity index is 876. The van der Waals surface area contributed by atoms with Crippen molar-refractivity contribution in [3.8, 4) is 0 Å². The number of halogens is 4. The minimum Gasteiger partial charge on any atom is -0.349 e. The molecular weight excluding hydrogens is 421 g/mol. The van der Waals surface area contributed by atoms with E-state index in [-0.39, 0.29) is 4.47 Å². The van der Waals surface area contributed by atoms with Crippen LogP contribution in [-0.2, 0) is 6.18 Å². The van der Waals surface area contributed by atoms with E-state index in [0.29, 0.717) is 17.7 Å². The minimum atomic E-state index is -4.43. The first-order chi connectivity index (χ1) is 12.9. The molecule has 1 aromatic carbocycles. The van der Waals surface area contributed by atoms with E-state index in [1.54, 1.807) is 12.3 Å². The van der Waals surface area contributed by atoms with E-state index in [1.165, 1.54) is 18.9 Å². The molecule has 0 radical (unpaired) electrons. The average molecular weight is 439 g/mol. The summed E-state index contributed by atoms with van der Waals surface area (Å²) in [6, 6.07) is 4.45. The third-order valence-corrected chi connectivity index (χ3v) is 5.65. The molecule has 0 bridgehead atoms. The zero-order valence-corrected chi connectivity index (χ0v) is 16.0. The molecule has 4 rings (SSSR count). The van der Waals surface area contributed by atoms with Gasteiger partial charge in [0.05, 0.1) is 5.56 Å². The second-order valence-electron chi connectivity index (χ2n) is 6.78. The molecule has 142 valence electrons. The van der Waals surface area contributed by atoms with Gasteiger partial charge < -0.3 is 10.2 Å². The second kappa shape index (κ2) is 7.14. The summed E-state index contributed by atoms with van der Waals surface area (Å²) in [4.78, 5) is 11.2. The van der Waals surface area contributed by atoms with Crippen LogP contribution in [0.5, 0.6) is 0 Å². The number of nitrogens with zero attached hydrogens (tertiary/aromatic N) is 3. The zero-order chi connectivity index (χ0) is 19.0. The van der Waals surface area contributed by atoms with E-state index in [4.69, 9.17) is 0 Å². The Hall–Kier alpha value is -2.09. The number of rotatable bonds is 3. The summed E-state index contributed by atoms with van der Waals surface area (Å²) in [5.74, 6) is 1.14. The third kappa shape index (κ3) is 3.81. The molecule has 1 aliphatic carbocycles. The summed E-state index contributed by atoms with van der Waals surface area (Å²) >= 11 is 2.95. The lowest BCUT2D eigenvalue weighted by Gasteiger charge is -2.32. The van der Waals surface area contributed by atoms with Crippen LogP contribution in [-0.4, -0.2) is 22.6 Å². The number of aromatic nitrogens is 2. The van der Waals surface area contributed by atoms with Gasteiger partial charge in [-0.2, -0.15) is 18.2 Å². The molecular formula is C19H18BrF3N4. The van der Waals surface area contributed by atoms with Crippen LogP contribution >= 0.6 is 15.9 Å². The highest BCUT2D eigenvalue weighted by Gasteiger charge is 2.33. The van der Waals surface area contributed by atoms with Crippen LogP contribution in [0.2, 0.25) is 0 Å². The summed E-state index contributed by atoms with van der Waals surface area (Å²) < 4.78 is 39.3. The molecule has 0 unspecified atom stereocenters. The first-order valence-corrected chi connectivity index (χ1v) is 9.65. The molecule has 0 atom stereocenters. The lowest BCUT2D eigenvalue weighted by atomic mass is 10.1. The van der Waals surface area contributed by atoms with Gasteiger partial charge in [-0.3, -0.25) is 0 Å². The largest absolute Gasteiger partial charge is 0.417 e. The number of nitrogens with one attached hydrogen (secondary N) is 1. The van der Waals surface area contributed by atoms with E-state index < -0.39 is 11.7 Å². The topological polar surface area (TPSA) is 41.1 Å². The van der Waals surface area contributed by atoms with Crippen LogP contribution in [0, 0.1) is 0 Å². The number of fused-ring (bicyclic) bond motifs is 1. The normalized spacial score (nSPS) is 17.3. The van der Waals surface area contributed by atoms with Crippen molar-refractivity contribution in [1.29, 1.82) is 0 Å². The number of hydrogen-bond acceptors (Lipinski definition) is 4. The molecule has 1 fully saturated rings. The molecule has 0 spiro atoms. The van der Waals surface area contributed by atoms with Crippen molar-refractivity contribution in [3.05, 3.63) is 46.1 Å². The van der Waals surface area contributed by atoms with E-state index in [1.807, 2.05) is 6.08 Å². The molecule has 4 nitrogen and oxygen atoms in total. The van der Waals surface area contributed by atoms with Gasteiger partial charge in [-0.05, 0) is 31.0 Å². The van der Waals surface area contributed by atoms with E-state index in [0.717, 1.165) is 36.8 Å². The highest BCUT2D eigenvalue weighted by atomic mass is 79.9. The number of benzene rings is 1. The fraction of sp³-hybridized carbons (Fsp3) is 0.368. The van der Waals surface area contributed by atoms with Crippen LogP contribution in [0.1, 0.15) is 36.8 Å². The van der Waals surface area contributed by atoms with Gasteiger partial charge in [-0.25, -0.2) is 4.98 Å². The third-order valence-electron chi connectivity index (χ3n) is 4.96. The predicted octanol–water partition coefficient (Wildman–Crippen LogP) is 5.78. The summed E-state index contributed by atoms with van der Waals surface area (Å²) in [7, 11) is 0. The molecule has 0 saturated heterocycles. The van der Waals surface area contributed by atoms with Gasteiger partial charge in [0.25, 0.3) is 0 Å². The van der Waals surface area contributed by atoms with Crippen molar-refractivity contribution < 1.29 is 13.2 Å². The first kappa shape index (κ1) is 18.3. The van der Waals surface area contributed by atoms with Crippen LogP contribution in [0.25, 0.3) is 6.08 Å². The fourth-order valence-electron chi connectivity index (χ4n) is 3.66. The standard InChI is InChI=1S/C19H18BrF3N4/c20-16-8-7-13(10-15(16)19(21,22)23)25-18-24-11-12-4-3-9-27(17(12)26-18)14-5-1-2-6-14/h3-4,7-8,10-11,14H,1-2,5-6,9H2,(H,24,25,26). The quantitative estimate of drug-likeness (QED) is 0.659. The Morgan fingerprint density at radius 3 is 2.70 bits per heavy atom. The highest BCUT2D eigenvalue weighted by molar-refractivity contribution is 9.10. The van der Waals surface area contributed by atoms with Crippen molar-refractivity contribution in [2.24, 2.45) is 0 Å². The molecule has 8 heteroatoms. The van der Waals surface area contributed by atoms with Crippen molar-refractivity contribution in [3.63, 3.8) is 0 Å². The Morgan fingerprint density at radius 1 is 1.19 bits per heavy atom. The van der Waals surface area contributed by atoms with Crippen LogP contribution in [0.15, 0.2) is 34.9 Å². The summed E-state index contributed by atoms with van der Waals surface area (Å²) in [5, 5.41) is 2.91. The summed E-state index contributed by atoms with van der Waals surface area (Å²) in [6.07, 6.45) is 6.09. The van der Waals surface area contributed by atoms with Crippen molar-refractivity contribution in [2.75, 3.05) is 16.8 Å². The number of alkyl halides is 3. The smallest absolute Gasteiger partial charge is 0.349 e. The van der Waals surface area contributed by atoms with Crippen LogP contribution in [0.4, 0.5) is 30.6 Å². The summed E-state index contributed by atoms with van der Waals surface area (Å²) in [5.41, 5.74) is 0.496. The van der Waals surface area contributed by atoms with E-state index >= 15 is 0 Å². The molecule has 1 aromatic heterocycles. The van der Waals surface area contributed by atoms with E-state index in [2.05, 4.69) is 42.2 Å². The lowest BCUT2D eigenvalue weighted by molar-refractivity contribution is -0.138. The monoisotopic (exact) mass is 438 g/mol. The van der Waals surface area contributed by atoms with Gasteiger partial charge in [0, 0.05) is 34.5 Å². The molecule has 1 N–H and O–H groups in total. The first-order valence-electron chi connectivity index (χ1n) is 8.86. The van der Waals surface area contributed by atoms with E-state index in [9.17, 15) is 13.2 Å². The molecule has 1 aliphatic heterocycles. The van der Waals surface area contributed by atoms with Gasteiger partial charge in [-0.15, -0.1) is 0 Å². The average Bonchev–Trinajstić information content (AvgIpc) is 3.16. The maximum Gasteiger partial charge on any atom is 0.417 e. The van der Waals surface area contributed by atoms with Crippen molar-refractivity contribution >= 4 is 39.5 Å². The SMILES string of the molecule is FC(F)(F)c1cc(Nc2ncc3c(n2)N(C2CCCC2)CC=C3)ccc1Br. The Kier molecular flexibility index (Phi) is 4.84. The maximum absolute atomic E-state index is 13.1. The van der Waals surface area contributed by atoms with Crippen LogP contribution < -0.4 is 10.2 Å². The molecule has 2 aromatic rings. The Labute approximate surface area is 163 Å². The molecule has 2 aliphatic rings. The fourth-order valence-corrected chi connectivity index (χ4v) is 4.13. The second-order valence-corrected chi connectivity index (χ2v) is 7.64. The summed E-state index contributed by atoms with van der Waals surface area (Å²) in [6.45, 7) is 0.796. The zero-order valence-electron chi connectivity index (χ0n) is 14.4. The molecule has 27 heavy (non-hydrogen) atoms. The minimum absolute atomic E-state index is 0.00413. The van der Waals surface area contributed by atoms with Gasteiger partial charge in [0.15, 0.2) is 0 Å². The lowest BCUT2D eigenvalue weighted by Crippen LogP contribution is -2.36. The molecule has 2 heterocycles. The highest BCUT2D eigenvalue weighted by Crippen LogP contribution is 2.37. The molecule has 1 saturated carbocycles.